The van der Waals surface area contributed by atoms with E-state index < -0.39 is 5.97 Å². The molecule has 1 saturated carbocycles. The van der Waals surface area contributed by atoms with Crippen molar-refractivity contribution < 1.29 is 14.6 Å². The van der Waals surface area contributed by atoms with Crippen molar-refractivity contribution in [1.82, 2.24) is 0 Å². The quantitative estimate of drug-likeness (QED) is 0.920. The Morgan fingerprint density at radius 1 is 1.71 bits per heavy atom. The van der Waals surface area contributed by atoms with Gasteiger partial charge in [0, 0.05) is 5.38 Å². The molecular weight excluding hydrogens is 268 g/mol. The molecular formula is C9H9BrO3S. The van der Waals surface area contributed by atoms with Crippen LogP contribution in [0.3, 0.4) is 0 Å². The molecule has 5 heteroatoms. The molecule has 3 nitrogen and oxygen atoms in total. The maximum atomic E-state index is 10.8. The van der Waals surface area contributed by atoms with E-state index in [1.807, 2.05) is 0 Å². The summed E-state index contributed by atoms with van der Waals surface area (Å²) < 4.78 is 6.21. The van der Waals surface area contributed by atoms with Crippen LogP contribution in [0.4, 0.5) is 0 Å². The first kappa shape index (κ1) is 9.98. The number of carbonyl (C=O) groups is 1. The van der Waals surface area contributed by atoms with Crippen molar-refractivity contribution in [3.05, 3.63) is 14.7 Å². The molecule has 0 spiro atoms. The molecule has 0 aromatic carbocycles. The van der Waals surface area contributed by atoms with Crippen LogP contribution in [0, 0.1) is 5.92 Å². The molecule has 1 aromatic heterocycles. The molecule has 0 saturated heterocycles. The van der Waals surface area contributed by atoms with Crippen LogP contribution in [0.5, 0.6) is 5.75 Å². The number of ether oxygens (including phenoxy) is 1. The molecule has 0 unspecified atom stereocenters. The van der Waals surface area contributed by atoms with E-state index >= 15 is 0 Å². The second-order valence-electron chi connectivity index (χ2n) is 3.30. The summed E-state index contributed by atoms with van der Waals surface area (Å²) in [6, 6.07) is 0. The monoisotopic (exact) mass is 276 g/mol. The van der Waals surface area contributed by atoms with Crippen LogP contribution >= 0.6 is 27.3 Å². The molecule has 0 atom stereocenters. The molecule has 76 valence electrons. The minimum atomic E-state index is -0.925. The van der Waals surface area contributed by atoms with E-state index in [1.165, 1.54) is 24.2 Å². The Balaban J connectivity index is 2.11. The van der Waals surface area contributed by atoms with Crippen LogP contribution in [0.1, 0.15) is 22.5 Å². The molecule has 1 aromatic rings. The second kappa shape index (κ2) is 3.90. The van der Waals surface area contributed by atoms with E-state index in [0.717, 1.165) is 4.47 Å². The number of hydrogen-bond donors (Lipinski definition) is 1. The Hall–Kier alpha value is -0.550. The molecule has 1 N–H and O–H groups in total. The summed E-state index contributed by atoms with van der Waals surface area (Å²) >= 11 is 4.46. The SMILES string of the molecule is O=C(O)c1scc(Br)c1OCC1CC1. The molecule has 1 aliphatic rings. The summed E-state index contributed by atoms with van der Waals surface area (Å²) in [5.74, 6) is 0.185. The van der Waals surface area contributed by atoms with Gasteiger partial charge in [0.25, 0.3) is 0 Å². The largest absolute Gasteiger partial charge is 0.490 e. The highest BCUT2D eigenvalue weighted by Gasteiger charge is 2.24. The number of halogens is 1. The van der Waals surface area contributed by atoms with Gasteiger partial charge in [0.2, 0.25) is 0 Å². The van der Waals surface area contributed by atoms with Crippen molar-refractivity contribution in [3.63, 3.8) is 0 Å². The maximum Gasteiger partial charge on any atom is 0.349 e. The van der Waals surface area contributed by atoms with Gasteiger partial charge in [-0.1, -0.05) is 0 Å². The van der Waals surface area contributed by atoms with Crippen molar-refractivity contribution in [3.8, 4) is 5.75 Å². The highest BCUT2D eigenvalue weighted by Crippen LogP contribution is 2.37. The molecule has 1 heterocycles. The van der Waals surface area contributed by atoms with Gasteiger partial charge in [-0.15, -0.1) is 11.3 Å². The average molecular weight is 277 g/mol. The number of thiophene rings is 1. The van der Waals surface area contributed by atoms with Crippen molar-refractivity contribution in [2.45, 2.75) is 12.8 Å². The van der Waals surface area contributed by atoms with Gasteiger partial charge < -0.3 is 9.84 Å². The fraction of sp³-hybridized carbons (Fsp3) is 0.444. The Morgan fingerprint density at radius 3 is 3.00 bits per heavy atom. The summed E-state index contributed by atoms with van der Waals surface area (Å²) in [7, 11) is 0. The predicted molar refractivity (Wildman–Crippen MR) is 57.2 cm³/mol. The Labute approximate surface area is 93.8 Å². The summed E-state index contributed by atoms with van der Waals surface area (Å²) in [6.07, 6.45) is 2.40. The topological polar surface area (TPSA) is 46.5 Å². The number of hydrogen-bond acceptors (Lipinski definition) is 3. The normalized spacial score (nSPS) is 15.5. The Morgan fingerprint density at radius 2 is 2.43 bits per heavy atom. The van der Waals surface area contributed by atoms with Gasteiger partial charge in [-0.25, -0.2) is 4.79 Å². The molecule has 1 aliphatic carbocycles. The lowest BCUT2D eigenvalue weighted by Gasteiger charge is -2.04. The lowest BCUT2D eigenvalue weighted by molar-refractivity contribution is 0.0697. The van der Waals surface area contributed by atoms with Crippen molar-refractivity contribution in [2.75, 3.05) is 6.61 Å². The van der Waals surface area contributed by atoms with E-state index in [-0.39, 0.29) is 4.88 Å². The van der Waals surface area contributed by atoms with E-state index in [1.54, 1.807) is 5.38 Å². The van der Waals surface area contributed by atoms with Crippen LogP contribution < -0.4 is 4.74 Å². The summed E-state index contributed by atoms with van der Waals surface area (Å²) in [5.41, 5.74) is 0. The number of carboxylic acid groups (broad SMARTS) is 1. The van der Waals surface area contributed by atoms with Gasteiger partial charge in [-0.3, -0.25) is 0 Å². The van der Waals surface area contributed by atoms with Crippen LogP contribution in [0.25, 0.3) is 0 Å². The molecule has 0 amide bonds. The minimum Gasteiger partial charge on any atom is -0.490 e. The lowest BCUT2D eigenvalue weighted by Crippen LogP contribution is -2.03. The van der Waals surface area contributed by atoms with Crippen LogP contribution in [0.15, 0.2) is 9.85 Å². The van der Waals surface area contributed by atoms with E-state index in [2.05, 4.69) is 15.9 Å². The average Bonchev–Trinajstić information content (AvgIpc) is 2.87. The summed E-state index contributed by atoms with van der Waals surface area (Å²) in [4.78, 5) is 11.1. The van der Waals surface area contributed by atoms with E-state index in [4.69, 9.17) is 9.84 Å². The molecule has 1 fully saturated rings. The van der Waals surface area contributed by atoms with Gasteiger partial charge >= 0.3 is 5.97 Å². The van der Waals surface area contributed by atoms with Crippen molar-refractivity contribution >= 4 is 33.2 Å². The van der Waals surface area contributed by atoms with Crippen LogP contribution in [0.2, 0.25) is 0 Å². The third-order valence-corrected chi connectivity index (χ3v) is 3.90. The van der Waals surface area contributed by atoms with E-state index in [9.17, 15) is 4.79 Å². The molecule has 0 aliphatic heterocycles. The zero-order valence-electron chi connectivity index (χ0n) is 7.33. The van der Waals surface area contributed by atoms with Crippen molar-refractivity contribution in [1.29, 1.82) is 0 Å². The zero-order chi connectivity index (χ0) is 10.1. The lowest BCUT2D eigenvalue weighted by atomic mass is 10.4. The standard InChI is InChI=1S/C9H9BrO3S/c10-6-4-14-8(9(11)12)7(6)13-3-5-1-2-5/h4-5H,1-3H2,(H,11,12). The molecule has 14 heavy (non-hydrogen) atoms. The third-order valence-electron chi connectivity index (χ3n) is 2.06. The minimum absolute atomic E-state index is 0.275. The number of carboxylic acids is 1. The fourth-order valence-corrected chi connectivity index (χ4v) is 2.52. The fourth-order valence-electron chi connectivity index (χ4n) is 1.09. The van der Waals surface area contributed by atoms with Gasteiger partial charge in [-0.05, 0) is 34.7 Å². The Kier molecular flexibility index (Phi) is 2.78. The molecule has 0 bridgehead atoms. The zero-order valence-corrected chi connectivity index (χ0v) is 9.73. The summed E-state index contributed by atoms with van der Waals surface area (Å²) in [6.45, 7) is 0.635. The van der Waals surface area contributed by atoms with Gasteiger partial charge in [0.05, 0.1) is 11.1 Å². The third kappa shape index (κ3) is 2.09. The smallest absolute Gasteiger partial charge is 0.349 e. The molecule has 2 rings (SSSR count). The van der Waals surface area contributed by atoms with Gasteiger partial charge in [0.1, 0.15) is 0 Å². The van der Waals surface area contributed by atoms with Gasteiger partial charge in [-0.2, -0.15) is 0 Å². The number of aromatic carboxylic acids is 1. The van der Waals surface area contributed by atoms with Crippen molar-refractivity contribution in [2.24, 2.45) is 5.92 Å². The first-order valence-corrected chi connectivity index (χ1v) is 5.99. The molecule has 0 radical (unpaired) electrons. The first-order chi connectivity index (χ1) is 6.68. The number of rotatable bonds is 4. The highest BCUT2D eigenvalue weighted by molar-refractivity contribution is 9.10. The Bertz CT molecular complexity index is 357. The second-order valence-corrected chi connectivity index (χ2v) is 5.04. The van der Waals surface area contributed by atoms with Crippen LogP contribution in [-0.4, -0.2) is 17.7 Å². The van der Waals surface area contributed by atoms with E-state index in [0.29, 0.717) is 18.3 Å². The summed E-state index contributed by atoms with van der Waals surface area (Å²) in [5, 5.41) is 10.6. The van der Waals surface area contributed by atoms with Crippen LogP contribution in [-0.2, 0) is 0 Å². The predicted octanol–water partition coefficient (Wildman–Crippen LogP) is 3.00. The van der Waals surface area contributed by atoms with Gasteiger partial charge in [0.15, 0.2) is 10.6 Å². The highest BCUT2D eigenvalue weighted by atomic mass is 79.9. The first-order valence-electron chi connectivity index (χ1n) is 4.31. The maximum absolute atomic E-state index is 10.8.